The Morgan fingerprint density at radius 1 is 1.06 bits per heavy atom. The molecule has 1 aliphatic rings. The number of ether oxygens (including phenoxy) is 1. The number of carbonyl (C=O) groups excluding carboxylic acids is 5. The molecule has 0 bridgehead atoms. The summed E-state index contributed by atoms with van der Waals surface area (Å²) in [5.74, 6) is -1.55. The van der Waals surface area contributed by atoms with E-state index >= 15 is 0 Å². The zero-order valence-corrected chi connectivity index (χ0v) is 21.5. The predicted octanol–water partition coefficient (Wildman–Crippen LogP) is 3.58. The van der Waals surface area contributed by atoms with Crippen LogP contribution in [0.15, 0.2) is 24.3 Å². The molecule has 8 nitrogen and oxygen atoms in total. The van der Waals surface area contributed by atoms with E-state index < -0.39 is 28.8 Å². The largest absolute Gasteiger partial charge is 0.458 e. The number of fused-ring (bicyclic) bond motifs is 1. The molecule has 1 aliphatic heterocycles. The van der Waals surface area contributed by atoms with Crippen LogP contribution in [0.3, 0.4) is 0 Å². The van der Waals surface area contributed by atoms with Crippen LogP contribution in [-0.4, -0.2) is 57.1 Å². The van der Waals surface area contributed by atoms with E-state index in [2.05, 4.69) is 5.32 Å². The molecule has 2 atom stereocenters. The van der Waals surface area contributed by atoms with E-state index in [1.54, 1.807) is 45.0 Å². The molecule has 0 aromatic heterocycles. The summed E-state index contributed by atoms with van der Waals surface area (Å²) in [7, 11) is 0. The normalized spacial score (nSPS) is 15.2. The van der Waals surface area contributed by atoms with Crippen molar-refractivity contribution >= 4 is 40.6 Å². The highest BCUT2D eigenvalue weighted by Crippen LogP contribution is 2.24. The maximum atomic E-state index is 13.0. The molecule has 1 unspecified atom stereocenters. The van der Waals surface area contributed by atoms with Crippen molar-refractivity contribution in [1.82, 2.24) is 10.2 Å². The van der Waals surface area contributed by atoms with Crippen LogP contribution in [-0.2, 0) is 19.1 Å². The van der Waals surface area contributed by atoms with Crippen LogP contribution in [0, 0.1) is 5.92 Å². The summed E-state index contributed by atoms with van der Waals surface area (Å²) in [4.78, 5) is 63.7. The molecular weight excluding hydrogens is 456 g/mol. The van der Waals surface area contributed by atoms with Gasteiger partial charge in [-0.05, 0) is 58.1 Å². The molecule has 1 N–H and O–H groups in total. The monoisotopic (exact) mass is 490 g/mol. The van der Waals surface area contributed by atoms with Crippen LogP contribution in [0.2, 0.25) is 0 Å². The van der Waals surface area contributed by atoms with Gasteiger partial charge in [0, 0.05) is 13.5 Å². The summed E-state index contributed by atoms with van der Waals surface area (Å²) >= 11 is 0.873. The minimum absolute atomic E-state index is 0.130. The van der Waals surface area contributed by atoms with Crippen LogP contribution in [0.1, 0.15) is 81.5 Å². The van der Waals surface area contributed by atoms with E-state index in [1.807, 2.05) is 13.8 Å². The number of hydrogen-bond donors (Lipinski definition) is 1. The maximum Gasteiger partial charge on any atom is 0.329 e. The Kier molecular flexibility index (Phi) is 9.44. The lowest BCUT2D eigenvalue weighted by Gasteiger charge is -2.26. The number of amides is 3. The van der Waals surface area contributed by atoms with Gasteiger partial charge in [0.1, 0.15) is 11.6 Å². The van der Waals surface area contributed by atoms with Gasteiger partial charge in [-0.25, -0.2) is 4.79 Å². The second-order valence-corrected chi connectivity index (χ2v) is 11.2. The lowest BCUT2D eigenvalue weighted by molar-refractivity contribution is -0.159. The molecule has 1 heterocycles. The van der Waals surface area contributed by atoms with Crippen molar-refractivity contribution in [3.8, 4) is 0 Å². The lowest BCUT2D eigenvalue weighted by Crippen LogP contribution is -2.48. The number of nitrogens with zero attached hydrogens (tertiary/aromatic N) is 1. The fourth-order valence-corrected chi connectivity index (χ4v) is 4.50. The summed E-state index contributed by atoms with van der Waals surface area (Å²) in [5, 5.41) is 1.76. The minimum atomic E-state index is -0.835. The fraction of sp³-hybridized carbons (Fsp3) is 0.560. The number of esters is 1. The quantitative estimate of drug-likeness (QED) is 0.394. The Bertz CT molecular complexity index is 918. The maximum absolute atomic E-state index is 13.0. The average molecular weight is 491 g/mol. The molecule has 1 aromatic rings. The molecule has 0 saturated carbocycles. The summed E-state index contributed by atoms with van der Waals surface area (Å²) in [6, 6.07) is 5.80. The highest BCUT2D eigenvalue weighted by Gasteiger charge is 2.35. The standard InChI is InChI=1S/C25H34N2O6S/c1-15(2)14-19(24(32)33-25(4,5)6)26-21(29)20(34-16(3)28)12-9-13-27-22(30)17-10-7-8-11-18(17)23(27)31/h7-8,10-11,15,19-20H,9,12-14H2,1-6H3,(H,26,29)/t19-,20?/m0/s1. The summed E-state index contributed by atoms with van der Waals surface area (Å²) in [6.07, 6.45) is 0.991. The average Bonchev–Trinajstić information content (AvgIpc) is 2.95. The highest BCUT2D eigenvalue weighted by atomic mass is 32.2. The summed E-state index contributed by atoms with van der Waals surface area (Å²) in [6.45, 7) is 10.7. The number of imide groups is 1. The third kappa shape index (κ3) is 7.68. The number of benzene rings is 1. The van der Waals surface area contributed by atoms with Crippen molar-refractivity contribution in [3.63, 3.8) is 0 Å². The van der Waals surface area contributed by atoms with Crippen LogP contribution < -0.4 is 5.32 Å². The van der Waals surface area contributed by atoms with Gasteiger partial charge < -0.3 is 10.1 Å². The molecule has 0 aliphatic carbocycles. The zero-order chi connectivity index (χ0) is 25.6. The highest BCUT2D eigenvalue weighted by molar-refractivity contribution is 8.14. The zero-order valence-electron chi connectivity index (χ0n) is 20.7. The van der Waals surface area contributed by atoms with Crippen molar-refractivity contribution < 1.29 is 28.7 Å². The van der Waals surface area contributed by atoms with Gasteiger partial charge in [0.05, 0.1) is 16.4 Å². The number of rotatable bonds is 10. The van der Waals surface area contributed by atoms with Crippen molar-refractivity contribution in [2.45, 2.75) is 77.7 Å². The first-order chi connectivity index (χ1) is 15.8. The third-order valence-electron chi connectivity index (χ3n) is 5.04. The van der Waals surface area contributed by atoms with Crippen LogP contribution in [0.5, 0.6) is 0 Å². The SMILES string of the molecule is CC(=O)SC(CCCN1C(=O)c2ccccc2C1=O)C(=O)N[C@@H](CC(C)C)C(=O)OC(C)(C)C. The molecule has 9 heteroatoms. The van der Waals surface area contributed by atoms with E-state index in [0.29, 0.717) is 24.0 Å². The first-order valence-corrected chi connectivity index (χ1v) is 12.3. The number of carbonyl (C=O) groups is 5. The number of nitrogens with one attached hydrogen (secondary N) is 1. The Morgan fingerprint density at radius 3 is 2.09 bits per heavy atom. The molecule has 0 saturated heterocycles. The van der Waals surface area contributed by atoms with Gasteiger partial charge in [0.2, 0.25) is 5.91 Å². The van der Waals surface area contributed by atoms with Crippen LogP contribution >= 0.6 is 11.8 Å². The summed E-state index contributed by atoms with van der Waals surface area (Å²) in [5.41, 5.74) is 0.0410. The van der Waals surface area contributed by atoms with Crippen LogP contribution in [0.25, 0.3) is 0 Å². The molecule has 1 aromatic carbocycles. The second kappa shape index (κ2) is 11.6. The van der Waals surface area contributed by atoms with Gasteiger partial charge in [-0.15, -0.1) is 0 Å². The summed E-state index contributed by atoms with van der Waals surface area (Å²) < 4.78 is 5.46. The Morgan fingerprint density at radius 2 is 1.62 bits per heavy atom. The smallest absolute Gasteiger partial charge is 0.329 e. The van der Waals surface area contributed by atoms with Gasteiger partial charge in [0.15, 0.2) is 5.12 Å². The van der Waals surface area contributed by atoms with Gasteiger partial charge in [-0.2, -0.15) is 0 Å². The fourth-order valence-electron chi connectivity index (χ4n) is 3.64. The van der Waals surface area contributed by atoms with E-state index in [1.165, 1.54) is 11.8 Å². The Balaban J connectivity index is 2.04. The van der Waals surface area contributed by atoms with Gasteiger partial charge in [-0.1, -0.05) is 37.7 Å². The van der Waals surface area contributed by atoms with Crippen molar-refractivity contribution in [2.24, 2.45) is 5.92 Å². The molecule has 34 heavy (non-hydrogen) atoms. The number of thioether (sulfide) groups is 1. The first-order valence-electron chi connectivity index (χ1n) is 11.5. The molecule has 3 amide bonds. The van der Waals surface area contributed by atoms with Gasteiger partial charge in [0.25, 0.3) is 11.8 Å². The van der Waals surface area contributed by atoms with Crippen molar-refractivity contribution in [3.05, 3.63) is 35.4 Å². The third-order valence-corrected chi connectivity index (χ3v) is 6.11. The van der Waals surface area contributed by atoms with Crippen LogP contribution in [0.4, 0.5) is 0 Å². The Hall–Kier alpha value is -2.68. The first kappa shape index (κ1) is 27.6. The second-order valence-electron chi connectivity index (χ2n) is 9.77. The molecular formula is C25H34N2O6S. The van der Waals surface area contributed by atoms with Crippen molar-refractivity contribution in [1.29, 1.82) is 0 Å². The predicted molar refractivity (Wildman–Crippen MR) is 130 cm³/mol. The van der Waals surface area contributed by atoms with E-state index in [4.69, 9.17) is 4.74 Å². The molecule has 0 radical (unpaired) electrons. The lowest BCUT2D eigenvalue weighted by atomic mass is 10.0. The minimum Gasteiger partial charge on any atom is -0.458 e. The van der Waals surface area contributed by atoms with Gasteiger partial charge >= 0.3 is 5.97 Å². The molecule has 0 fully saturated rings. The molecule has 0 spiro atoms. The molecule has 186 valence electrons. The van der Waals surface area contributed by atoms with E-state index in [9.17, 15) is 24.0 Å². The Labute approximate surface area is 205 Å². The number of hydrogen-bond acceptors (Lipinski definition) is 7. The molecule has 2 rings (SSSR count). The van der Waals surface area contributed by atoms with Crippen molar-refractivity contribution in [2.75, 3.05) is 6.54 Å². The van der Waals surface area contributed by atoms with Gasteiger partial charge in [-0.3, -0.25) is 24.1 Å². The van der Waals surface area contributed by atoms with E-state index in [0.717, 1.165) is 11.8 Å². The van der Waals surface area contributed by atoms with E-state index in [-0.39, 0.29) is 35.8 Å². The topological polar surface area (TPSA) is 110 Å².